The topological polar surface area (TPSA) is 30.2 Å². The number of aryl methyl sites for hydroxylation is 3. The minimum atomic E-state index is 0. The molecule has 6 rings (SSSR count). The van der Waals surface area contributed by atoms with Crippen LogP contribution < -0.4 is 0 Å². The van der Waals surface area contributed by atoms with E-state index in [1.54, 1.807) is 0 Å². The molecule has 0 saturated carbocycles. The molecular formula is C29H21N3Pt. The maximum absolute atomic E-state index is 5.08. The predicted octanol–water partition coefficient (Wildman–Crippen LogP) is 6.89. The number of hydrogen-bond donors (Lipinski definition) is 0. The Morgan fingerprint density at radius 2 is 1.64 bits per heavy atom. The van der Waals surface area contributed by atoms with Crippen molar-refractivity contribution in [2.24, 2.45) is 0 Å². The van der Waals surface area contributed by atoms with E-state index >= 15 is 0 Å². The fourth-order valence-electron chi connectivity index (χ4n) is 4.52. The zero-order valence-corrected chi connectivity index (χ0v) is 20.9. The van der Waals surface area contributed by atoms with Gasteiger partial charge in [-0.1, -0.05) is 54.3 Å². The molecule has 0 aliphatic carbocycles. The van der Waals surface area contributed by atoms with Crippen LogP contribution in [0.5, 0.6) is 0 Å². The zero-order valence-electron chi connectivity index (χ0n) is 18.6. The van der Waals surface area contributed by atoms with Crippen LogP contribution in [0, 0.1) is 32.9 Å². The molecule has 0 atom stereocenters. The van der Waals surface area contributed by atoms with Gasteiger partial charge in [0.1, 0.15) is 0 Å². The Bertz CT molecular complexity index is 1650. The molecule has 6 aromatic rings. The minimum absolute atomic E-state index is 0. The van der Waals surface area contributed by atoms with Gasteiger partial charge in [0, 0.05) is 17.3 Å². The van der Waals surface area contributed by atoms with Crippen molar-refractivity contribution in [2.45, 2.75) is 20.8 Å². The molecule has 3 heterocycles. The third-order valence-corrected chi connectivity index (χ3v) is 6.04. The van der Waals surface area contributed by atoms with E-state index in [1.165, 1.54) is 22.1 Å². The third-order valence-electron chi connectivity index (χ3n) is 6.04. The molecule has 0 aliphatic heterocycles. The van der Waals surface area contributed by atoms with E-state index < -0.39 is 0 Å². The summed E-state index contributed by atoms with van der Waals surface area (Å²) in [6.45, 7) is 6.40. The Morgan fingerprint density at radius 3 is 2.45 bits per heavy atom. The van der Waals surface area contributed by atoms with E-state index in [1.807, 2.05) is 35.0 Å². The van der Waals surface area contributed by atoms with Crippen LogP contribution in [-0.4, -0.2) is 14.6 Å². The summed E-state index contributed by atoms with van der Waals surface area (Å²) in [5, 5.41) is 7.42. The molecule has 3 nitrogen and oxygen atoms in total. The molecule has 0 radical (unpaired) electrons. The maximum atomic E-state index is 5.08. The Morgan fingerprint density at radius 1 is 0.818 bits per heavy atom. The first-order valence-corrected chi connectivity index (χ1v) is 10.8. The Kier molecular flexibility index (Phi) is 5.38. The summed E-state index contributed by atoms with van der Waals surface area (Å²) in [4.78, 5) is 4.49. The van der Waals surface area contributed by atoms with Crippen LogP contribution in [0.1, 0.15) is 16.7 Å². The van der Waals surface area contributed by atoms with Gasteiger partial charge in [-0.25, -0.2) is 0 Å². The smallest absolute Gasteiger partial charge is 0.295 e. The summed E-state index contributed by atoms with van der Waals surface area (Å²) >= 11 is 0. The molecule has 0 bridgehead atoms. The first-order valence-electron chi connectivity index (χ1n) is 10.8. The second kappa shape index (κ2) is 8.24. The molecule has 0 N–H and O–H groups in total. The van der Waals surface area contributed by atoms with Crippen LogP contribution in [0.25, 0.3) is 49.7 Å². The molecule has 0 unspecified atom stereocenters. The SMILES string of the molecule is Cc1c[c-]c2c(c1)c(C)cc1c3cc(C)cc(-c4[c-]c(-c5ccccn5)ccc4)c3nn21.[Pt+2]. The molecule has 0 saturated heterocycles. The largest absolute Gasteiger partial charge is 2.00 e. The van der Waals surface area contributed by atoms with Gasteiger partial charge in [0.05, 0.1) is 11.0 Å². The average molecular weight is 607 g/mol. The molecule has 0 amide bonds. The average Bonchev–Trinajstić information content (AvgIpc) is 3.17. The fourth-order valence-corrected chi connectivity index (χ4v) is 4.52. The summed E-state index contributed by atoms with van der Waals surface area (Å²) in [5.74, 6) is 0. The van der Waals surface area contributed by atoms with Crippen molar-refractivity contribution in [1.29, 1.82) is 0 Å². The van der Waals surface area contributed by atoms with Gasteiger partial charge in [0.25, 0.3) is 0 Å². The second-order valence-electron chi connectivity index (χ2n) is 8.47. The summed E-state index contributed by atoms with van der Waals surface area (Å²) in [6.07, 6.45) is 1.81. The normalized spacial score (nSPS) is 11.2. The fraction of sp³-hybridized carbons (Fsp3) is 0.103. The van der Waals surface area contributed by atoms with Gasteiger partial charge < -0.3 is 0 Å². The van der Waals surface area contributed by atoms with Crippen molar-refractivity contribution in [1.82, 2.24) is 14.6 Å². The van der Waals surface area contributed by atoms with Crippen LogP contribution in [0.4, 0.5) is 0 Å². The number of benzene rings is 3. The van der Waals surface area contributed by atoms with Crippen molar-refractivity contribution in [2.75, 3.05) is 0 Å². The van der Waals surface area contributed by atoms with Crippen molar-refractivity contribution in [3.63, 3.8) is 0 Å². The van der Waals surface area contributed by atoms with Crippen LogP contribution in [0.15, 0.2) is 72.9 Å². The number of aromatic nitrogens is 3. The number of rotatable bonds is 2. The molecule has 3 aromatic carbocycles. The summed E-state index contributed by atoms with van der Waals surface area (Å²) in [5.41, 5.74) is 10.7. The number of fused-ring (bicyclic) bond motifs is 5. The summed E-state index contributed by atoms with van der Waals surface area (Å²) in [7, 11) is 0. The van der Waals surface area contributed by atoms with E-state index in [0.29, 0.717) is 0 Å². The van der Waals surface area contributed by atoms with E-state index in [2.05, 4.69) is 80.4 Å². The molecule has 162 valence electrons. The van der Waals surface area contributed by atoms with Gasteiger partial charge in [-0.05, 0) is 30.6 Å². The van der Waals surface area contributed by atoms with Crippen molar-refractivity contribution < 1.29 is 21.1 Å². The van der Waals surface area contributed by atoms with Gasteiger partial charge >= 0.3 is 21.1 Å². The number of pyridine rings is 2. The second-order valence-corrected chi connectivity index (χ2v) is 8.47. The van der Waals surface area contributed by atoms with Gasteiger partial charge in [-0.3, -0.25) is 9.50 Å². The zero-order chi connectivity index (χ0) is 21.8. The van der Waals surface area contributed by atoms with Crippen LogP contribution in [0.2, 0.25) is 0 Å². The Hall–Kier alpha value is -3.29. The van der Waals surface area contributed by atoms with Crippen molar-refractivity contribution in [3.05, 3.63) is 102 Å². The van der Waals surface area contributed by atoms with Gasteiger partial charge in [-0.15, -0.1) is 35.2 Å². The molecule has 0 fully saturated rings. The number of hydrogen-bond acceptors (Lipinski definition) is 2. The van der Waals surface area contributed by atoms with Gasteiger partial charge in [-0.2, -0.15) is 28.9 Å². The molecule has 0 aliphatic rings. The number of nitrogens with zero attached hydrogens (tertiary/aromatic N) is 3. The van der Waals surface area contributed by atoms with Crippen molar-refractivity contribution in [3.8, 4) is 22.4 Å². The standard InChI is InChI=1S/C29H21N3.Pt/c1-18-10-11-27-23(13-18)20(3)16-28-25-15-19(2)14-24(29(25)31-32(27)28)21-7-6-8-22(17-21)26-9-4-5-12-30-26;/h4-10,12-16H,1-3H3;/q-2;+2. The van der Waals surface area contributed by atoms with E-state index in [9.17, 15) is 0 Å². The molecule has 4 heteroatoms. The molecule has 33 heavy (non-hydrogen) atoms. The first-order chi connectivity index (χ1) is 15.6. The molecular weight excluding hydrogens is 585 g/mol. The van der Waals surface area contributed by atoms with Crippen LogP contribution >= 0.6 is 0 Å². The van der Waals surface area contributed by atoms with Crippen molar-refractivity contribution >= 4 is 27.3 Å². The predicted molar refractivity (Wildman–Crippen MR) is 131 cm³/mol. The quantitative estimate of drug-likeness (QED) is 0.201. The Balaban J connectivity index is 0.00000228. The summed E-state index contributed by atoms with van der Waals surface area (Å²) in [6, 6.07) is 30.1. The monoisotopic (exact) mass is 606 g/mol. The van der Waals surface area contributed by atoms with E-state index in [0.717, 1.165) is 44.3 Å². The van der Waals surface area contributed by atoms with E-state index in [-0.39, 0.29) is 21.1 Å². The first kappa shape index (κ1) is 21.5. The molecule has 3 aromatic heterocycles. The summed E-state index contributed by atoms with van der Waals surface area (Å²) < 4.78 is 2.04. The van der Waals surface area contributed by atoms with Crippen LogP contribution in [-0.2, 0) is 21.1 Å². The maximum Gasteiger partial charge on any atom is 2.00 e. The van der Waals surface area contributed by atoms with Gasteiger partial charge in [0.2, 0.25) is 0 Å². The van der Waals surface area contributed by atoms with Crippen LogP contribution in [0.3, 0.4) is 0 Å². The third kappa shape index (κ3) is 3.57. The molecule has 0 spiro atoms. The minimum Gasteiger partial charge on any atom is -0.295 e. The van der Waals surface area contributed by atoms with E-state index in [4.69, 9.17) is 5.10 Å². The Labute approximate surface area is 207 Å². The van der Waals surface area contributed by atoms with Gasteiger partial charge in [0.15, 0.2) is 0 Å².